The van der Waals surface area contributed by atoms with Crippen LogP contribution in [-0.2, 0) is 18.4 Å². The maximum Gasteiger partial charge on any atom is 0.472 e. The maximum absolute atomic E-state index is 12.7. The number of carbonyl (C=O) groups is 1. The third-order valence-corrected chi connectivity index (χ3v) is 8.92. The molecule has 9 heteroatoms. The van der Waals surface area contributed by atoms with E-state index in [0.29, 0.717) is 6.42 Å². The van der Waals surface area contributed by atoms with Gasteiger partial charge in [0.15, 0.2) is 0 Å². The quantitative estimate of drug-likeness (QED) is 0.0290. The zero-order valence-corrected chi connectivity index (χ0v) is 32.9. The molecule has 51 heavy (non-hydrogen) atoms. The van der Waals surface area contributed by atoms with Gasteiger partial charge in [0.2, 0.25) is 5.91 Å². The Balaban J connectivity index is 4.44. The number of phosphoric acid groups is 1. The first-order valence-corrected chi connectivity index (χ1v) is 21.2. The lowest BCUT2D eigenvalue weighted by Gasteiger charge is -2.23. The van der Waals surface area contributed by atoms with Crippen LogP contribution in [0.3, 0.4) is 0 Å². The molecule has 8 nitrogen and oxygen atoms in total. The molecule has 0 heterocycles. The number of carbonyl (C=O) groups excluding carboxylic acids is 1. The molecule has 292 valence electrons. The van der Waals surface area contributed by atoms with E-state index in [2.05, 4.69) is 92.1 Å². The van der Waals surface area contributed by atoms with Crippen molar-refractivity contribution >= 4 is 13.7 Å². The molecule has 0 aliphatic heterocycles. The van der Waals surface area contributed by atoms with Crippen molar-refractivity contribution in [3.05, 3.63) is 85.1 Å². The van der Waals surface area contributed by atoms with Crippen molar-refractivity contribution < 1.29 is 28.4 Å². The summed E-state index contributed by atoms with van der Waals surface area (Å²) in [6.45, 7) is 3.92. The predicted molar refractivity (Wildman–Crippen MR) is 216 cm³/mol. The topological polar surface area (TPSA) is 131 Å². The van der Waals surface area contributed by atoms with Crippen LogP contribution in [0.25, 0.3) is 0 Å². The van der Waals surface area contributed by atoms with Crippen LogP contribution >= 0.6 is 7.82 Å². The molecule has 0 radical (unpaired) electrons. The normalized spacial score (nSPS) is 15.2. The van der Waals surface area contributed by atoms with Gasteiger partial charge in [0.05, 0.1) is 25.4 Å². The van der Waals surface area contributed by atoms with Crippen LogP contribution in [0, 0.1) is 0 Å². The second-order valence-electron chi connectivity index (χ2n) is 12.7. The Morgan fingerprint density at radius 1 is 0.667 bits per heavy atom. The van der Waals surface area contributed by atoms with Crippen LogP contribution in [-0.4, -0.2) is 47.8 Å². The summed E-state index contributed by atoms with van der Waals surface area (Å²) in [5, 5.41) is 13.6. The number of hydrogen-bond acceptors (Lipinski definition) is 6. The minimum absolute atomic E-state index is 0.0627. The van der Waals surface area contributed by atoms with Gasteiger partial charge < -0.3 is 21.1 Å². The molecular formula is C42H73N2O6P. The van der Waals surface area contributed by atoms with E-state index in [0.717, 1.165) is 89.9 Å². The van der Waals surface area contributed by atoms with E-state index in [1.807, 2.05) is 6.08 Å². The van der Waals surface area contributed by atoms with E-state index in [4.69, 9.17) is 14.8 Å². The molecule has 0 saturated heterocycles. The standard InChI is InChI=1S/C42H73N2O6P/c1-3-5-7-9-11-13-15-17-19-20-22-24-26-28-30-32-34-36-42(46)44-40(39-50-51(47,48)49-38-37-43)41(45)35-33-31-29-27-25-23-21-18-16-14-12-10-8-6-4-2/h5,7,11,13,16-19,22,24-25,27,33,35,40-41,45H,3-4,6,8-10,12,14-15,20-21,23,26,28-32,34,36-39,43H2,1-2H3,(H,44,46)(H,47,48)/b7-5-,13-11-,18-16+,19-17-,24-22-,27-25+,35-33+. The van der Waals surface area contributed by atoms with Crippen molar-refractivity contribution in [2.75, 3.05) is 19.8 Å². The molecule has 0 aliphatic carbocycles. The van der Waals surface area contributed by atoms with Crippen molar-refractivity contribution in [2.45, 2.75) is 154 Å². The van der Waals surface area contributed by atoms with Gasteiger partial charge in [0.1, 0.15) is 0 Å². The molecule has 3 unspecified atom stereocenters. The van der Waals surface area contributed by atoms with Gasteiger partial charge in [-0.2, -0.15) is 0 Å². The Morgan fingerprint density at radius 2 is 1.16 bits per heavy atom. The van der Waals surface area contributed by atoms with Crippen molar-refractivity contribution in [1.29, 1.82) is 0 Å². The number of aliphatic hydroxyl groups excluding tert-OH is 1. The molecule has 0 aromatic heterocycles. The summed E-state index contributed by atoms with van der Waals surface area (Å²) in [5.41, 5.74) is 5.35. The average Bonchev–Trinajstić information content (AvgIpc) is 3.12. The van der Waals surface area contributed by atoms with Crippen LogP contribution in [0.15, 0.2) is 85.1 Å². The molecule has 0 aliphatic rings. The number of unbranched alkanes of at least 4 members (excludes halogenated alkanes) is 11. The van der Waals surface area contributed by atoms with Gasteiger partial charge in [0.25, 0.3) is 0 Å². The van der Waals surface area contributed by atoms with Gasteiger partial charge >= 0.3 is 7.82 Å². The van der Waals surface area contributed by atoms with Gasteiger partial charge in [-0.25, -0.2) is 4.57 Å². The van der Waals surface area contributed by atoms with E-state index in [-0.39, 0.29) is 25.7 Å². The van der Waals surface area contributed by atoms with E-state index in [9.17, 15) is 19.4 Å². The SMILES string of the molecule is CC/C=C\C/C=C\C/C=C\C/C=C\CCCCCCC(=O)NC(COP(=O)(O)OCCN)C(O)/C=C/CC/C=C/CC/C=C/CCCCCCC. The summed E-state index contributed by atoms with van der Waals surface area (Å²) in [5.74, 6) is -0.237. The molecule has 0 bridgehead atoms. The Kier molecular flexibility index (Phi) is 35.7. The Hall–Kier alpha value is -2.32. The lowest BCUT2D eigenvalue weighted by Crippen LogP contribution is -2.45. The highest BCUT2D eigenvalue weighted by molar-refractivity contribution is 7.47. The van der Waals surface area contributed by atoms with Crippen LogP contribution in [0.1, 0.15) is 142 Å². The van der Waals surface area contributed by atoms with E-state index < -0.39 is 20.0 Å². The molecule has 5 N–H and O–H groups in total. The zero-order chi connectivity index (χ0) is 37.5. The minimum Gasteiger partial charge on any atom is -0.387 e. The molecule has 0 fully saturated rings. The lowest BCUT2D eigenvalue weighted by molar-refractivity contribution is -0.123. The third-order valence-electron chi connectivity index (χ3n) is 7.93. The summed E-state index contributed by atoms with van der Waals surface area (Å²) < 4.78 is 22.0. The molecule has 3 atom stereocenters. The highest BCUT2D eigenvalue weighted by atomic mass is 31.2. The summed E-state index contributed by atoms with van der Waals surface area (Å²) in [6.07, 6.45) is 49.1. The molecule has 0 aromatic rings. The number of allylic oxidation sites excluding steroid dienone is 13. The van der Waals surface area contributed by atoms with Crippen molar-refractivity contribution in [1.82, 2.24) is 5.32 Å². The first-order chi connectivity index (χ1) is 24.9. The van der Waals surface area contributed by atoms with E-state index in [1.165, 1.54) is 32.1 Å². The number of hydrogen-bond donors (Lipinski definition) is 4. The third kappa shape index (κ3) is 35.9. The first kappa shape index (κ1) is 48.7. The largest absolute Gasteiger partial charge is 0.472 e. The number of phosphoric ester groups is 1. The van der Waals surface area contributed by atoms with Crippen molar-refractivity contribution in [2.24, 2.45) is 5.73 Å². The summed E-state index contributed by atoms with van der Waals surface area (Å²) in [7, 11) is -4.36. The maximum atomic E-state index is 12.7. The minimum atomic E-state index is -4.36. The van der Waals surface area contributed by atoms with Crippen molar-refractivity contribution in [3.8, 4) is 0 Å². The van der Waals surface area contributed by atoms with Gasteiger partial charge in [-0.1, -0.05) is 137 Å². The fourth-order valence-electron chi connectivity index (χ4n) is 4.98. The number of amides is 1. The molecule has 0 spiro atoms. The summed E-state index contributed by atoms with van der Waals surface area (Å²) >= 11 is 0. The second kappa shape index (κ2) is 37.4. The summed E-state index contributed by atoms with van der Waals surface area (Å²) in [6, 6.07) is -0.900. The summed E-state index contributed by atoms with van der Waals surface area (Å²) in [4.78, 5) is 22.6. The number of aliphatic hydroxyl groups is 1. The molecule has 0 rings (SSSR count). The zero-order valence-electron chi connectivity index (χ0n) is 32.1. The Morgan fingerprint density at radius 3 is 1.73 bits per heavy atom. The highest BCUT2D eigenvalue weighted by Crippen LogP contribution is 2.43. The number of nitrogens with one attached hydrogen (secondary N) is 1. The molecule has 0 saturated carbocycles. The number of nitrogens with two attached hydrogens (primary N) is 1. The molecular weight excluding hydrogens is 659 g/mol. The van der Waals surface area contributed by atoms with Crippen LogP contribution in [0.4, 0.5) is 0 Å². The monoisotopic (exact) mass is 733 g/mol. The van der Waals surface area contributed by atoms with Gasteiger partial charge in [-0.05, 0) is 83.5 Å². The fourth-order valence-corrected chi connectivity index (χ4v) is 5.73. The van der Waals surface area contributed by atoms with E-state index in [1.54, 1.807) is 6.08 Å². The Labute approximate surface area is 311 Å². The highest BCUT2D eigenvalue weighted by Gasteiger charge is 2.26. The predicted octanol–water partition coefficient (Wildman–Crippen LogP) is 10.7. The van der Waals surface area contributed by atoms with Gasteiger partial charge in [-0.15, -0.1) is 0 Å². The van der Waals surface area contributed by atoms with Gasteiger partial charge in [0, 0.05) is 13.0 Å². The lowest BCUT2D eigenvalue weighted by atomic mass is 10.1. The van der Waals surface area contributed by atoms with Crippen LogP contribution in [0.5, 0.6) is 0 Å². The number of rotatable bonds is 35. The van der Waals surface area contributed by atoms with Gasteiger partial charge in [-0.3, -0.25) is 13.8 Å². The fraction of sp³-hybridized carbons (Fsp3) is 0.643. The van der Waals surface area contributed by atoms with Crippen molar-refractivity contribution in [3.63, 3.8) is 0 Å². The molecule has 1 amide bonds. The second-order valence-corrected chi connectivity index (χ2v) is 14.2. The molecule has 0 aromatic carbocycles. The van der Waals surface area contributed by atoms with Crippen LogP contribution < -0.4 is 11.1 Å². The first-order valence-electron chi connectivity index (χ1n) is 19.7. The average molecular weight is 733 g/mol. The smallest absolute Gasteiger partial charge is 0.387 e. The van der Waals surface area contributed by atoms with Crippen LogP contribution in [0.2, 0.25) is 0 Å². The Bertz CT molecular complexity index is 1070. The van der Waals surface area contributed by atoms with E-state index >= 15 is 0 Å².